The van der Waals surface area contributed by atoms with Crippen LogP contribution in [0.5, 0.6) is 5.75 Å². The van der Waals surface area contributed by atoms with Crippen LogP contribution >= 0.6 is 0 Å². The highest BCUT2D eigenvalue weighted by Crippen LogP contribution is 2.19. The Morgan fingerprint density at radius 2 is 2.16 bits per heavy atom. The van der Waals surface area contributed by atoms with Gasteiger partial charge < -0.3 is 15.4 Å². The first kappa shape index (κ1) is 15.2. The van der Waals surface area contributed by atoms with Crippen molar-refractivity contribution in [1.29, 1.82) is 0 Å². The molecule has 106 valence electrons. The van der Waals surface area contributed by atoms with E-state index in [1.54, 1.807) is 6.07 Å². The zero-order valence-electron chi connectivity index (χ0n) is 11.0. The maximum absolute atomic E-state index is 12.0. The van der Waals surface area contributed by atoms with Gasteiger partial charge in [0.05, 0.1) is 0 Å². The van der Waals surface area contributed by atoms with Gasteiger partial charge in [0.25, 0.3) is 0 Å². The van der Waals surface area contributed by atoms with Crippen molar-refractivity contribution in [2.24, 2.45) is 0 Å². The summed E-state index contributed by atoms with van der Waals surface area (Å²) < 4.78 is 28.4. The molecule has 19 heavy (non-hydrogen) atoms. The largest absolute Gasteiger partial charge is 0.435 e. The summed E-state index contributed by atoms with van der Waals surface area (Å²) in [6.45, 7) is 1.05. The van der Waals surface area contributed by atoms with Gasteiger partial charge in [0.1, 0.15) is 5.75 Å². The van der Waals surface area contributed by atoms with Crippen LogP contribution < -0.4 is 15.4 Å². The topological polar surface area (TPSA) is 50.4 Å². The molecule has 2 N–H and O–H groups in total. The summed E-state index contributed by atoms with van der Waals surface area (Å²) in [5, 5.41) is 5.32. The highest BCUT2D eigenvalue weighted by Gasteiger charge is 2.08. The highest BCUT2D eigenvalue weighted by molar-refractivity contribution is 5.89. The molecule has 1 atom stereocenters. The lowest BCUT2D eigenvalue weighted by Crippen LogP contribution is -2.35. The average Bonchev–Trinajstić information content (AvgIpc) is 2.28. The van der Waals surface area contributed by atoms with Crippen LogP contribution in [-0.4, -0.2) is 18.7 Å². The third-order valence-electron chi connectivity index (χ3n) is 2.42. The summed E-state index contributed by atoms with van der Waals surface area (Å²) in [5.41, 5.74) is 0.402. The van der Waals surface area contributed by atoms with Gasteiger partial charge in [-0.1, -0.05) is 19.4 Å². The number of amides is 2. The number of anilines is 1. The molecular weight excluding hydrogens is 254 g/mol. The Hall–Kier alpha value is -1.85. The van der Waals surface area contributed by atoms with Gasteiger partial charge >= 0.3 is 12.6 Å². The molecule has 1 unspecified atom stereocenters. The van der Waals surface area contributed by atoms with Gasteiger partial charge in [-0.3, -0.25) is 0 Å². The minimum Gasteiger partial charge on any atom is -0.435 e. The Balaban J connectivity index is 2.54. The van der Waals surface area contributed by atoms with Gasteiger partial charge in [-0.15, -0.1) is 0 Å². The van der Waals surface area contributed by atoms with Crippen molar-refractivity contribution in [2.45, 2.75) is 39.3 Å². The predicted octanol–water partition coefficient (Wildman–Crippen LogP) is 3.60. The van der Waals surface area contributed by atoms with Crippen molar-refractivity contribution in [3.8, 4) is 5.75 Å². The molecule has 6 heteroatoms. The first-order chi connectivity index (χ1) is 9.01. The van der Waals surface area contributed by atoms with Crippen LogP contribution in [0.1, 0.15) is 26.7 Å². The van der Waals surface area contributed by atoms with Crippen molar-refractivity contribution < 1.29 is 18.3 Å². The van der Waals surface area contributed by atoms with E-state index in [4.69, 9.17) is 0 Å². The second-order valence-electron chi connectivity index (χ2n) is 4.19. The fourth-order valence-electron chi connectivity index (χ4n) is 1.65. The molecule has 0 saturated heterocycles. The molecule has 0 aromatic heterocycles. The number of alkyl halides is 2. The molecule has 2 amide bonds. The Morgan fingerprint density at radius 1 is 1.42 bits per heavy atom. The summed E-state index contributed by atoms with van der Waals surface area (Å²) in [4.78, 5) is 11.6. The number of nitrogens with one attached hydrogen (secondary N) is 2. The lowest BCUT2D eigenvalue weighted by molar-refractivity contribution is -0.0497. The summed E-state index contributed by atoms with van der Waals surface area (Å²) in [6.07, 6.45) is 1.85. The molecule has 0 radical (unpaired) electrons. The van der Waals surface area contributed by atoms with E-state index in [9.17, 15) is 13.6 Å². The molecule has 0 bridgehead atoms. The quantitative estimate of drug-likeness (QED) is 0.831. The normalized spacial score (nSPS) is 12.1. The lowest BCUT2D eigenvalue weighted by Gasteiger charge is -2.14. The molecule has 0 aliphatic heterocycles. The predicted molar refractivity (Wildman–Crippen MR) is 69.6 cm³/mol. The SMILES string of the molecule is CCCC(C)NC(=O)Nc1cccc(OC(F)F)c1. The average molecular weight is 272 g/mol. The number of carbonyl (C=O) groups excluding carboxylic acids is 1. The molecule has 0 aliphatic carbocycles. The fraction of sp³-hybridized carbons (Fsp3) is 0.462. The van der Waals surface area contributed by atoms with Crippen LogP contribution in [0.4, 0.5) is 19.3 Å². The van der Waals surface area contributed by atoms with Gasteiger partial charge in [-0.25, -0.2) is 4.79 Å². The molecular formula is C13H18F2N2O2. The number of hydrogen-bond donors (Lipinski definition) is 2. The number of urea groups is 1. The second-order valence-corrected chi connectivity index (χ2v) is 4.19. The molecule has 0 spiro atoms. The highest BCUT2D eigenvalue weighted by atomic mass is 19.3. The van der Waals surface area contributed by atoms with Crippen LogP contribution in [0.25, 0.3) is 0 Å². The number of ether oxygens (including phenoxy) is 1. The zero-order valence-corrected chi connectivity index (χ0v) is 11.0. The van der Waals surface area contributed by atoms with Crippen LogP contribution in [0.15, 0.2) is 24.3 Å². The molecule has 0 saturated carbocycles. The van der Waals surface area contributed by atoms with E-state index in [-0.39, 0.29) is 17.8 Å². The Labute approximate surface area is 111 Å². The smallest absolute Gasteiger partial charge is 0.387 e. The first-order valence-corrected chi connectivity index (χ1v) is 6.13. The molecule has 0 heterocycles. The minimum absolute atomic E-state index is 0.00871. The van der Waals surface area contributed by atoms with E-state index >= 15 is 0 Å². The zero-order chi connectivity index (χ0) is 14.3. The summed E-state index contributed by atoms with van der Waals surface area (Å²) in [7, 11) is 0. The number of halogens is 2. The number of carbonyl (C=O) groups is 1. The third kappa shape index (κ3) is 6.03. The molecule has 1 aromatic rings. The molecule has 0 aliphatic rings. The van der Waals surface area contributed by atoms with Crippen molar-refractivity contribution >= 4 is 11.7 Å². The van der Waals surface area contributed by atoms with Gasteiger partial charge in [0.2, 0.25) is 0 Å². The Kier molecular flexibility index (Phi) is 6.05. The van der Waals surface area contributed by atoms with E-state index in [1.807, 2.05) is 13.8 Å². The van der Waals surface area contributed by atoms with Crippen LogP contribution in [0, 0.1) is 0 Å². The standard InChI is InChI=1S/C13H18F2N2O2/c1-3-5-9(2)16-13(18)17-10-6-4-7-11(8-10)19-12(14)15/h4,6-9,12H,3,5H2,1-2H3,(H2,16,17,18). The van der Waals surface area contributed by atoms with Crippen LogP contribution in [0.2, 0.25) is 0 Å². The Morgan fingerprint density at radius 3 is 2.79 bits per heavy atom. The van der Waals surface area contributed by atoms with E-state index in [1.165, 1.54) is 18.2 Å². The number of rotatable bonds is 6. The second kappa shape index (κ2) is 7.56. The van der Waals surface area contributed by atoms with Gasteiger partial charge in [-0.2, -0.15) is 8.78 Å². The number of benzene rings is 1. The molecule has 4 nitrogen and oxygen atoms in total. The summed E-state index contributed by atoms with van der Waals surface area (Å²) in [6, 6.07) is 5.57. The van der Waals surface area contributed by atoms with E-state index < -0.39 is 6.61 Å². The van der Waals surface area contributed by atoms with Crippen molar-refractivity contribution in [1.82, 2.24) is 5.32 Å². The third-order valence-corrected chi connectivity index (χ3v) is 2.42. The monoisotopic (exact) mass is 272 g/mol. The minimum atomic E-state index is -2.88. The van der Waals surface area contributed by atoms with Crippen molar-refractivity contribution in [3.63, 3.8) is 0 Å². The number of hydrogen-bond acceptors (Lipinski definition) is 2. The maximum atomic E-state index is 12.0. The van der Waals surface area contributed by atoms with Crippen molar-refractivity contribution in [3.05, 3.63) is 24.3 Å². The summed E-state index contributed by atoms with van der Waals surface area (Å²) >= 11 is 0. The molecule has 1 rings (SSSR count). The molecule has 1 aromatic carbocycles. The van der Waals surface area contributed by atoms with Crippen molar-refractivity contribution in [2.75, 3.05) is 5.32 Å². The van der Waals surface area contributed by atoms with Crippen LogP contribution in [-0.2, 0) is 0 Å². The van der Waals surface area contributed by atoms with Gasteiger partial charge in [-0.05, 0) is 25.5 Å². The lowest BCUT2D eigenvalue weighted by atomic mass is 10.2. The fourth-order valence-corrected chi connectivity index (χ4v) is 1.65. The van der Waals surface area contributed by atoms with E-state index in [0.717, 1.165) is 12.8 Å². The van der Waals surface area contributed by atoms with Gasteiger partial charge in [0, 0.05) is 17.8 Å². The van der Waals surface area contributed by atoms with Crippen LogP contribution in [0.3, 0.4) is 0 Å². The maximum Gasteiger partial charge on any atom is 0.387 e. The summed E-state index contributed by atoms with van der Waals surface area (Å²) in [5.74, 6) is 0.00871. The van der Waals surface area contributed by atoms with E-state index in [2.05, 4.69) is 15.4 Å². The van der Waals surface area contributed by atoms with E-state index in [0.29, 0.717) is 5.69 Å². The Bertz CT molecular complexity index is 413. The van der Waals surface area contributed by atoms with Gasteiger partial charge in [0.15, 0.2) is 0 Å². The first-order valence-electron chi connectivity index (χ1n) is 6.13. The molecule has 0 fully saturated rings.